The number of hydrogen-bond acceptors (Lipinski definition) is 4. The van der Waals surface area contributed by atoms with E-state index in [1.165, 1.54) is 19.2 Å². The van der Waals surface area contributed by atoms with Crippen LogP contribution in [0.15, 0.2) is 12.1 Å². The fourth-order valence-corrected chi connectivity index (χ4v) is 1.95. The molecule has 0 aliphatic carbocycles. The lowest BCUT2D eigenvalue weighted by Gasteiger charge is -2.24. The van der Waals surface area contributed by atoms with Crippen LogP contribution in [-0.4, -0.2) is 25.6 Å². The predicted molar refractivity (Wildman–Crippen MR) is 67.0 cm³/mol. The van der Waals surface area contributed by atoms with Crippen molar-refractivity contribution in [2.45, 2.75) is 18.9 Å². The normalized spacial score (nSPS) is 19.2. The highest BCUT2D eigenvalue weighted by molar-refractivity contribution is 5.85. The standard InChI is InChI=1S/C12H16FN3O2/c1-18-11-6-10(7(13)5-8(11)14)16-9-3-2-4-15-12(9)17/h5-6,9,16H,2-4,14H2,1H3,(H,15,17). The summed E-state index contributed by atoms with van der Waals surface area (Å²) in [6.45, 7) is 0.671. The highest BCUT2D eigenvalue weighted by Gasteiger charge is 2.23. The lowest BCUT2D eigenvalue weighted by molar-refractivity contribution is -0.123. The summed E-state index contributed by atoms with van der Waals surface area (Å²) < 4.78 is 18.7. The van der Waals surface area contributed by atoms with E-state index in [9.17, 15) is 9.18 Å². The number of hydrogen-bond donors (Lipinski definition) is 3. The fraction of sp³-hybridized carbons (Fsp3) is 0.417. The van der Waals surface area contributed by atoms with E-state index in [1.54, 1.807) is 0 Å². The number of rotatable bonds is 3. The number of nitrogens with one attached hydrogen (secondary N) is 2. The molecule has 0 aromatic heterocycles. The van der Waals surface area contributed by atoms with Crippen LogP contribution in [0.1, 0.15) is 12.8 Å². The number of carbonyl (C=O) groups excluding carboxylic acids is 1. The third kappa shape index (κ3) is 2.47. The zero-order chi connectivity index (χ0) is 13.1. The monoisotopic (exact) mass is 253 g/mol. The van der Waals surface area contributed by atoms with Crippen molar-refractivity contribution in [2.75, 3.05) is 24.7 Å². The molecule has 1 aromatic rings. The molecule has 5 nitrogen and oxygen atoms in total. The lowest BCUT2D eigenvalue weighted by atomic mass is 10.1. The second-order valence-corrected chi connectivity index (χ2v) is 4.20. The van der Waals surface area contributed by atoms with Crippen molar-refractivity contribution in [1.29, 1.82) is 0 Å². The molecule has 1 unspecified atom stereocenters. The highest BCUT2D eigenvalue weighted by Crippen LogP contribution is 2.29. The third-order valence-electron chi connectivity index (χ3n) is 2.93. The number of nitrogens with two attached hydrogens (primary N) is 1. The van der Waals surface area contributed by atoms with Gasteiger partial charge in [0.1, 0.15) is 17.6 Å². The Hall–Kier alpha value is -1.98. The first-order chi connectivity index (χ1) is 8.61. The molecule has 2 rings (SSSR count). The van der Waals surface area contributed by atoms with Gasteiger partial charge in [-0.3, -0.25) is 4.79 Å². The smallest absolute Gasteiger partial charge is 0.242 e. The molecule has 1 fully saturated rings. The third-order valence-corrected chi connectivity index (χ3v) is 2.93. The van der Waals surface area contributed by atoms with E-state index in [1.807, 2.05) is 0 Å². The summed E-state index contributed by atoms with van der Waals surface area (Å²) >= 11 is 0. The molecule has 1 aromatic carbocycles. The van der Waals surface area contributed by atoms with Gasteiger partial charge >= 0.3 is 0 Å². The van der Waals surface area contributed by atoms with E-state index >= 15 is 0 Å². The molecule has 0 spiro atoms. The van der Waals surface area contributed by atoms with Gasteiger partial charge in [-0.05, 0) is 12.8 Å². The van der Waals surface area contributed by atoms with Crippen molar-refractivity contribution < 1.29 is 13.9 Å². The Bertz CT molecular complexity index is 465. The zero-order valence-corrected chi connectivity index (χ0v) is 10.1. The van der Waals surface area contributed by atoms with E-state index in [2.05, 4.69) is 10.6 Å². The number of methoxy groups -OCH3 is 1. The summed E-state index contributed by atoms with van der Waals surface area (Å²) in [5.41, 5.74) is 6.04. The number of piperidine rings is 1. The van der Waals surface area contributed by atoms with Crippen molar-refractivity contribution in [2.24, 2.45) is 0 Å². The van der Waals surface area contributed by atoms with Gasteiger partial charge in [0.15, 0.2) is 0 Å². The van der Waals surface area contributed by atoms with Crippen molar-refractivity contribution in [3.05, 3.63) is 17.9 Å². The maximum absolute atomic E-state index is 13.7. The summed E-state index contributed by atoms with van der Waals surface area (Å²) in [5.74, 6) is -0.224. The Morgan fingerprint density at radius 3 is 3.00 bits per heavy atom. The molecule has 0 radical (unpaired) electrons. The van der Waals surface area contributed by atoms with Gasteiger partial charge in [-0.25, -0.2) is 4.39 Å². The van der Waals surface area contributed by atoms with E-state index in [0.717, 1.165) is 6.42 Å². The quantitative estimate of drug-likeness (QED) is 0.705. The average molecular weight is 253 g/mol. The van der Waals surface area contributed by atoms with Gasteiger partial charge in [0.25, 0.3) is 0 Å². The molecular formula is C12H16FN3O2. The zero-order valence-electron chi connectivity index (χ0n) is 10.1. The van der Waals surface area contributed by atoms with Crippen molar-refractivity contribution in [3.8, 4) is 5.75 Å². The van der Waals surface area contributed by atoms with Crippen LogP contribution in [-0.2, 0) is 4.79 Å². The second-order valence-electron chi connectivity index (χ2n) is 4.20. The minimum Gasteiger partial charge on any atom is -0.495 e. The minimum absolute atomic E-state index is 0.114. The van der Waals surface area contributed by atoms with Crippen LogP contribution in [0.3, 0.4) is 0 Å². The van der Waals surface area contributed by atoms with Gasteiger partial charge in [0, 0.05) is 18.7 Å². The van der Waals surface area contributed by atoms with Crippen LogP contribution >= 0.6 is 0 Å². The van der Waals surface area contributed by atoms with E-state index in [0.29, 0.717) is 18.7 Å². The molecule has 98 valence electrons. The Kier molecular flexibility index (Phi) is 3.55. The van der Waals surface area contributed by atoms with Crippen LogP contribution in [0.4, 0.5) is 15.8 Å². The Balaban J connectivity index is 2.20. The molecule has 0 saturated carbocycles. The molecule has 1 aliphatic heterocycles. The van der Waals surface area contributed by atoms with Crippen molar-refractivity contribution in [3.63, 3.8) is 0 Å². The molecule has 4 N–H and O–H groups in total. The van der Waals surface area contributed by atoms with Crippen LogP contribution in [0, 0.1) is 5.82 Å². The summed E-state index contributed by atoms with van der Waals surface area (Å²) in [5, 5.41) is 5.61. The molecule has 0 bridgehead atoms. The second kappa shape index (κ2) is 5.12. The topological polar surface area (TPSA) is 76.4 Å². The predicted octanol–water partition coefficient (Wildman–Crippen LogP) is 1.11. The first kappa shape index (κ1) is 12.5. The summed E-state index contributed by atoms with van der Waals surface area (Å²) in [4.78, 5) is 11.6. The molecule has 1 saturated heterocycles. The van der Waals surface area contributed by atoms with Crippen molar-refractivity contribution >= 4 is 17.3 Å². The van der Waals surface area contributed by atoms with Gasteiger partial charge in [-0.2, -0.15) is 0 Å². The van der Waals surface area contributed by atoms with E-state index in [-0.39, 0.29) is 17.3 Å². The molecular weight excluding hydrogens is 237 g/mol. The molecule has 1 aliphatic rings. The SMILES string of the molecule is COc1cc(NC2CCCNC2=O)c(F)cc1N. The van der Waals surface area contributed by atoms with Crippen molar-refractivity contribution in [1.82, 2.24) is 5.32 Å². The van der Waals surface area contributed by atoms with E-state index in [4.69, 9.17) is 10.5 Å². The molecule has 18 heavy (non-hydrogen) atoms. The van der Waals surface area contributed by atoms with Crippen LogP contribution in [0.2, 0.25) is 0 Å². The first-order valence-electron chi connectivity index (χ1n) is 5.79. The molecule has 6 heteroatoms. The number of halogens is 1. The van der Waals surface area contributed by atoms with Gasteiger partial charge in [0.2, 0.25) is 5.91 Å². The Morgan fingerprint density at radius 1 is 1.56 bits per heavy atom. The van der Waals surface area contributed by atoms with Gasteiger partial charge in [0.05, 0.1) is 18.5 Å². The molecule has 1 atom stereocenters. The number of carbonyl (C=O) groups is 1. The minimum atomic E-state index is -0.494. The van der Waals surface area contributed by atoms with Gasteiger partial charge in [-0.15, -0.1) is 0 Å². The summed E-state index contributed by atoms with van der Waals surface area (Å²) in [7, 11) is 1.46. The lowest BCUT2D eigenvalue weighted by Crippen LogP contribution is -2.44. The highest BCUT2D eigenvalue weighted by atomic mass is 19.1. The fourth-order valence-electron chi connectivity index (χ4n) is 1.95. The number of nitrogen functional groups attached to an aromatic ring is 1. The average Bonchev–Trinajstić information content (AvgIpc) is 2.35. The largest absolute Gasteiger partial charge is 0.495 e. The number of anilines is 2. The maximum Gasteiger partial charge on any atom is 0.242 e. The van der Waals surface area contributed by atoms with Gasteiger partial charge in [-0.1, -0.05) is 0 Å². The van der Waals surface area contributed by atoms with Crippen LogP contribution in [0.5, 0.6) is 5.75 Å². The maximum atomic E-state index is 13.7. The Morgan fingerprint density at radius 2 is 2.33 bits per heavy atom. The van der Waals surface area contributed by atoms with Crippen LogP contribution in [0.25, 0.3) is 0 Å². The van der Waals surface area contributed by atoms with E-state index < -0.39 is 11.9 Å². The van der Waals surface area contributed by atoms with Gasteiger partial charge < -0.3 is 21.1 Å². The summed E-state index contributed by atoms with van der Waals surface area (Å²) in [6.07, 6.45) is 1.55. The first-order valence-corrected chi connectivity index (χ1v) is 5.79. The number of benzene rings is 1. The number of ether oxygens (including phenoxy) is 1. The molecule has 1 amide bonds. The summed E-state index contributed by atoms with van der Waals surface area (Å²) in [6, 6.07) is 2.23. The molecule has 1 heterocycles. The van der Waals surface area contributed by atoms with Crippen LogP contribution < -0.4 is 21.1 Å². The number of amides is 1. The Labute approximate surface area is 104 Å².